The molecule has 1 saturated heterocycles. The number of amides is 1. The molecule has 0 aliphatic carbocycles. The first kappa shape index (κ1) is 14.9. The molecular formula is C16H25N3O. The topological polar surface area (TPSA) is 53.2 Å². The summed E-state index contributed by atoms with van der Waals surface area (Å²) in [6.45, 7) is 4.81. The van der Waals surface area contributed by atoms with Crippen molar-refractivity contribution in [3.63, 3.8) is 0 Å². The Morgan fingerprint density at radius 2 is 2.10 bits per heavy atom. The second-order valence-corrected chi connectivity index (χ2v) is 5.40. The maximum atomic E-state index is 11.5. The molecule has 2 rings (SSSR count). The van der Waals surface area contributed by atoms with Crippen molar-refractivity contribution < 1.29 is 4.79 Å². The van der Waals surface area contributed by atoms with E-state index in [2.05, 4.69) is 47.1 Å². The van der Waals surface area contributed by atoms with Crippen LogP contribution in [0, 0.1) is 0 Å². The number of benzene rings is 1. The van der Waals surface area contributed by atoms with Crippen LogP contribution in [0.25, 0.3) is 0 Å². The zero-order chi connectivity index (χ0) is 14.2. The number of nitrogens with one attached hydrogen (secondary N) is 3. The fourth-order valence-corrected chi connectivity index (χ4v) is 2.42. The zero-order valence-electron chi connectivity index (χ0n) is 12.2. The van der Waals surface area contributed by atoms with Gasteiger partial charge >= 0.3 is 0 Å². The number of hydrogen-bond acceptors (Lipinski definition) is 3. The highest BCUT2D eigenvalue weighted by molar-refractivity contribution is 5.76. The van der Waals surface area contributed by atoms with E-state index in [9.17, 15) is 4.79 Å². The smallest absolute Gasteiger partial charge is 0.221 e. The van der Waals surface area contributed by atoms with E-state index in [4.69, 9.17) is 0 Å². The molecule has 1 aliphatic heterocycles. The van der Waals surface area contributed by atoms with Crippen LogP contribution in [0.1, 0.15) is 38.2 Å². The molecule has 1 heterocycles. The first-order valence-electron chi connectivity index (χ1n) is 7.61. The lowest BCUT2D eigenvalue weighted by atomic mass is 10.1. The Kier molecular flexibility index (Phi) is 5.87. The molecule has 110 valence electrons. The maximum Gasteiger partial charge on any atom is 0.221 e. The van der Waals surface area contributed by atoms with Gasteiger partial charge in [-0.15, -0.1) is 0 Å². The molecule has 0 radical (unpaired) electrons. The Labute approximate surface area is 121 Å². The summed E-state index contributed by atoms with van der Waals surface area (Å²) in [4.78, 5) is 11.5. The molecule has 0 saturated carbocycles. The molecule has 0 spiro atoms. The van der Waals surface area contributed by atoms with E-state index in [0.717, 1.165) is 38.9 Å². The van der Waals surface area contributed by atoms with E-state index in [1.54, 1.807) is 0 Å². The van der Waals surface area contributed by atoms with Crippen LogP contribution in [-0.2, 0) is 11.3 Å². The van der Waals surface area contributed by atoms with Crippen LogP contribution in [0.4, 0.5) is 5.69 Å². The predicted octanol–water partition coefficient (Wildman–Crippen LogP) is 2.27. The van der Waals surface area contributed by atoms with E-state index in [1.165, 1.54) is 11.3 Å². The van der Waals surface area contributed by atoms with Crippen molar-refractivity contribution in [3.8, 4) is 0 Å². The van der Waals surface area contributed by atoms with Crippen LogP contribution >= 0.6 is 0 Å². The quantitative estimate of drug-likeness (QED) is 0.746. The van der Waals surface area contributed by atoms with Crippen molar-refractivity contribution in [1.29, 1.82) is 0 Å². The summed E-state index contributed by atoms with van der Waals surface area (Å²) in [7, 11) is 0. The van der Waals surface area contributed by atoms with Crippen molar-refractivity contribution in [2.45, 2.75) is 45.2 Å². The molecule has 1 atom stereocenters. The molecule has 1 amide bonds. The molecule has 1 aliphatic rings. The van der Waals surface area contributed by atoms with Gasteiger partial charge in [-0.25, -0.2) is 0 Å². The molecule has 1 aromatic carbocycles. The van der Waals surface area contributed by atoms with Gasteiger partial charge in [0, 0.05) is 37.8 Å². The summed E-state index contributed by atoms with van der Waals surface area (Å²) < 4.78 is 0. The highest BCUT2D eigenvalue weighted by Crippen LogP contribution is 2.11. The summed E-state index contributed by atoms with van der Waals surface area (Å²) in [6, 6.07) is 8.82. The Bertz CT molecular complexity index is 416. The van der Waals surface area contributed by atoms with Crippen molar-refractivity contribution >= 4 is 11.6 Å². The average Bonchev–Trinajstić information content (AvgIpc) is 2.68. The summed E-state index contributed by atoms with van der Waals surface area (Å²) in [6.07, 6.45) is 3.85. The first-order chi connectivity index (χ1) is 9.78. The second kappa shape index (κ2) is 7.90. The molecule has 0 bridgehead atoms. The van der Waals surface area contributed by atoms with Crippen LogP contribution in [0.15, 0.2) is 24.3 Å². The van der Waals surface area contributed by atoms with Gasteiger partial charge in [-0.05, 0) is 37.0 Å². The summed E-state index contributed by atoms with van der Waals surface area (Å²) in [5.74, 6) is 0.166. The number of hydrogen-bond donors (Lipinski definition) is 3. The fraction of sp³-hybridized carbons (Fsp3) is 0.562. The summed E-state index contributed by atoms with van der Waals surface area (Å²) >= 11 is 0. The zero-order valence-corrected chi connectivity index (χ0v) is 12.2. The van der Waals surface area contributed by atoms with Crippen LogP contribution in [0.3, 0.4) is 0 Å². The minimum Gasteiger partial charge on any atom is -0.385 e. The number of rotatable bonds is 6. The Hall–Kier alpha value is -1.55. The van der Waals surface area contributed by atoms with Crippen molar-refractivity contribution in [2.24, 2.45) is 0 Å². The van der Waals surface area contributed by atoms with Crippen LogP contribution in [-0.4, -0.2) is 25.0 Å². The van der Waals surface area contributed by atoms with E-state index in [-0.39, 0.29) is 5.91 Å². The Balaban J connectivity index is 1.79. The van der Waals surface area contributed by atoms with Crippen molar-refractivity contribution in [1.82, 2.24) is 10.6 Å². The van der Waals surface area contributed by atoms with Gasteiger partial charge in [-0.3, -0.25) is 4.79 Å². The molecule has 1 unspecified atom stereocenters. The Morgan fingerprint density at radius 1 is 1.30 bits per heavy atom. The highest BCUT2D eigenvalue weighted by Gasteiger charge is 2.16. The van der Waals surface area contributed by atoms with Crippen molar-refractivity contribution in [2.75, 3.05) is 18.4 Å². The normalized spacial score (nSPS) is 19.2. The van der Waals surface area contributed by atoms with Crippen LogP contribution in [0.5, 0.6) is 0 Å². The molecule has 4 heteroatoms. The van der Waals surface area contributed by atoms with Crippen LogP contribution in [0.2, 0.25) is 0 Å². The number of carbonyl (C=O) groups is 1. The van der Waals surface area contributed by atoms with Gasteiger partial charge in [0.25, 0.3) is 0 Å². The predicted molar refractivity (Wildman–Crippen MR) is 82.7 cm³/mol. The lowest BCUT2D eigenvalue weighted by Crippen LogP contribution is -2.32. The van der Waals surface area contributed by atoms with E-state index >= 15 is 0 Å². The minimum atomic E-state index is 0.166. The largest absolute Gasteiger partial charge is 0.385 e. The Morgan fingerprint density at radius 3 is 2.85 bits per heavy atom. The number of anilines is 1. The van der Waals surface area contributed by atoms with Gasteiger partial charge in [0.15, 0.2) is 0 Å². The lowest BCUT2D eigenvalue weighted by Gasteiger charge is -2.15. The van der Waals surface area contributed by atoms with Gasteiger partial charge in [0.1, 0.15) is 0 Å². The first-order valence-corrected chi connectivity index (χ1v) is 7.61. The standard InChI is InChI=1S/C16H25N3O/c1-2-9-17-14-7-5-13(6-8-14)12-19-15-4-3-10-18-16(20)11-15/h5-8,15,17,19H,2-4,9-12H2,1H3,(H,18,20). The minimum absolute atomic E-state index is 0.166. The third kappa shape index (κ3) is 4.85. The molecule has 4 nitrogen and oxygen atoms in total. The van der Waals surface area contributed by atoms with E-state index < -0.39 is 0 Å². The summed E-state index contributed by atoms with van der Waals surface area (Å²) in [5.41, 5.74) is 2.43. The SMILES string of the molecule is CCCNc1ccc(CNC2CCCNC(=O)C2)cc1. The van der Waals surface area contributed by atoms with E-state index in [0.29, 0.717) is 12.5 Å². The maximum absolute atomic E-state index is 11.5. The number of carbonyl (C=O) groups excluding carboxylic acids is 1. The van der Waals surface area contributed by atoms with Crippen LogP contribution < -0.4 is 16.0 Å². The van der Waals surface area contributed by atoms with Gasteiger partial charge in [0.05, 0.1) is 0 Å². The van der Waals surface area contributed by atoms with Gasteiger partial charge in [-0.1, -0.05) is 19.1 Å². The third-order valence-electron chi connectivity index (χ3n) is 3.61. The molecule has 0 aromatic heterocycles. The monoisotopic (exact) mass is 275 g/mol. The molecule has 20 heavy (non-hydrogen) atoms. The van der Waals surface area contributed by atoms with Gasteiger partial charge in [-0.2, -0.15) is 0 Å². The highest BCUT2D eigenvalue weighted by atomic mass is 16.1. The van der Waals surface area contributed by atoms with Gasteiger partial charge < -0.3 is 16.0 Å². The second-order valence-electron chi connectivity index (χ2n) is 5.40. The molecule has 3 N–H and O–H groups in total. The fourth-order valence-electron chi connectivity index (χ4n) is 2.42. The van der Waals surface area contributed by atoms with Crippen molar-refractivity contribution in [3.05, 3.63) is 29.8 Å². The molecule has 1 aromatic rings. The lowest BCUT2D eigenvalue weighted by molar-refractivity contribution is -0.121. The third-order valence-corrected chi connectivity index (χ3v) is 3.61. The summed E-state index contributed by atoms with van der Waals surface area (Å²) in [5, 5.41) is 9.77. The molecular weight excluding hydrogens is 250 g/mol. The van der Waals surface area contributed by atoms with E-state index in [1.807, 2.05) is 0 Å². The molecule has 1 fully saturated rings. The van der Waals surface area contributed by atoms with Gasteiger partial charge in [0.2, 0.25) is 5.91 Å². The average molecular weight is 275 g/mol.